The average Bonchev–Trinajstić information content (AvgIpc) is 3.08. The van der Waals surface area contributed by atoms with E-state index in [0.717, 1.165) is 6.26 Å². The SMILES string of the molecule is Cn1c(=O)c2ccccc2n2c(COc3ccc(S(C)(=O)=O)cc3)nnc12. The van der Waals surface area contributed by atoms with Gasteiger partial charge in [-0.05, 0) is 36.4 Å². The third kappa shape index (κ3) is 2.95. The normalized spacial score (nSPS) is 11.9. The molecule has 138 valence electrons. The second-order valence-electron chi connectivity index (χ2n) is 6.17. The molecule has 0 saturated carbocycles. The molecule has 0 fully saturated rings. The number of hydrogen-bond donors (Lipinski definition) is 0. The molecule has 0 amide bonds. The van der Waals surface area contributed by atoms with Crippen LogP contribution >= 0.6 is 0 Å². The van der Waals surface area contributed by atoms with Crippen molar-refractivity contribution in [3.63, 3.8) is 0 Å². The summed E-state index contributed by atoms with van der Waals surface area (Å²) in [6, 6.07) is 13.4. The smallest absolute Gasteiger partial charge is 0.262 e. The van der Waals surface area contributed by atoms with Crippen LogP contribution in [0, 0.1) is 0 Å². The largest absolute Gasteiger partial charge is 0.486 e. The third-order valence-electron chi connectivity index (χ3n) is 4.31. The number of sulfone groups is 1. The zero-order valence-electron chi connectivity index (χ0n) is 14.7. The van der Waals surface area contributed by atoms with E-state index in [1.165, 1.54) is 16.7 Å². The number of aromatic nitrogens is 4. The standard InChI is InChI=1S/C18H16N4O4S/c1-21-17(23)14-5-3-4-6-15(14)22-16(19-20-18(21)22)11-26-12-7-9-13(10-8-12)27(2,24)25/h3-10H,11H2,1-2H3. The minimum absolute atomic E-state index is 0.113. The van der Waals surface area contributed by atoms with E-state index in [-0.39, 0.29) is 17.1 Å². The topological polar surface area (TPSA) is 95.6 Å². The summed E-state index contributed by atoms with van der Waals surface area (Å²) in [7, 11) is -1.61. The molecular formula is C18H16N4O4S. The van der Waals surface area contributed by atoms with Crippen LogP contribution in [0.1, 0.15) is 5.82 Å². The highest BCUT2D eigenvalue weighted by Crippen LogP contribution is 2.18. The van der Waals surface area contributed by atoms with Crippen molar-refractivity contribution in [2.24, 2.45) is 7.05 Å². The fourth-order valence-electron chi connectivity index (χ4n) is 2.92. The highest BCUT2D eigenvalue weighted by Gasteiger charge is 2.15. The van der Waals surface area contributed by atoms with Crippen molar-refractivity contribution >= 4 is 26.5 Å². The Hall–Kier alpha value is -3.20. The Labute approximate surface area is 154 Å². The highest BCUT2D eigenvalue weighted by molar-refractivity contribution is 7.90. The summed E-state index contributed by atoms with van der Waals surface area (Å²) in [5.74, 6) is 1.46. The molecule has 2 heterocycles. The maximum atomic E-state index is 12.4. The molecule has 0 unspecified atom stereocenters. The summed E-state index contributed by atoms with van der Waals surface area (Å²) >= 11 is 0. The first kappa shape index (κ1) is 17.2. The second kappa shape index (κ2) is 6.20. The lowest BCUT2D eigenvalue weighted by atomic mass is 10.2. The van der Waals surface area contributed by atoms with Gasteiger partial charge in [0.2, 0.25) is 5.78 Å². The van der Waals surface area contributed by atoms with Crippen LogP contribution in [0.4, 0.5) is 0 Å². The summed E-state index contributed by atoms with van der Waals surface area (Å²) in [5.41, 5.74) is 0.556. The van der Waals surface area contributed by atoms with Gasteiger partial charge in [-0.1, -0.05) is 12.1 Å². The van der Waals surface area contributed by atoms with Gasteiger partial charge in [-0.15, -0.1) is 10.2 Å². The zero-order chi connectivity index (χ0) is 19.2. The number of para-hydroxylation sites is 1. The molecule has 2 aromatic heterocycles. The van der Waals surface area contributed by atoms with E-state index in [1.807, 2.05) is 12.1 Å². The fourth-order valence-corrected chi connectivity index (χ4v) is 3.55. The van der Waals surface area contributed by atoms with Gasteiger partial charge < -0.3 is 4.74 Å². The fraction of sp³-hybridized carbons (Fsp3) is 0.167. The van der Waals surface area contributed by atoms with Crippen molar-refractivity contribution in [3.05, 3.63) is 64.7 Å². The van der Waals surface area contributed by atoms with Crippen LogP contribution in [-0.4, -0.2) is 33.8 Å². The van der Waals surface area contributed by atoms with Crippen molar-refractivity contribution < 1.29 is 13.2 Å². The quantitative estimate of drug-likeness (QED) is 0.530. The Morgan fingerprint density at radius 2 is 1.74 bits per heavy atom. The highest BCUT2D eigenvalue weighted by atomic mass is 32.2. The summed E-state index contributed by atoms with van der Waals surface area (Å²) in [6.07, 6.45) is 1.15. The Morgan fingerprint density at radius 3 is 2.44 bits per heavy atom. The lowest BCUT2D eigenvalue weighted by Gasteiger charge is -2.09. The van der Waals surface area contributed by atoms with Gasteiger partial charge in [0.15, 0.2) is 15.7 Å². The molecule has 0 spiro atoms. The van der Waals surface area contributed by atoms with Crippen LogP contribution in [0.15, 0.2) is 58.2 Å². The van der Waals surface area contributed by atoms with E-state index < -0.39 is 9.84 Å². The molecule has 27 heavy (non-hydrogen) atoms. The van der Waals surface area contributed by atoms with Crippen molar-refractivity contribution in [2.75, 3.05) is 6.26 Å². The number of nitrogens with zero attached hydrogens (tertiary/aromatic N) is 4. The second-order valence-corrected chi connectivity index (χ2v) is 8.18. The van der Waals surface area contributed by atoms with Gasteiger partial charge in [-0.3, -0.25) is 13.8 Å². The zero-order valence-corrected chi connectivity index (χ0v) is 15.5. The minimum atomic E-state index is -3.25. The van der Waals surface area contributed by atoms with Crippen LogP contribution in [-0.2, 0) is 23.5 Å². The van der Waals surface area contributed by atoms with E-state index >= 15 is 0 Å². The summed E-state index contributed by atoms with van der Waals surface area (Å²) < 4.78 is 32.0. The van der Waals surface area contributed by atoms with Gasteiger partial charge in [-0.2, -0.15) is 0 Å². The van der Waals surface area contributed by atoms with E-state index in [4.69, 9.17) is 4.74 Å². The predicted molar refractivity (Wildman–Crippen MR) is 99.6 cm³/mol. The van der Waals surface area contributed by atoms with E-state index in [1.54, 1.807) is 35.7 Å². The van der Waals surface area contributed by atoms with Crippen molar-refractivity contribution in [2.45, 2.75) is 11.5 Å². The molecule has 0 saturated heterocycles. The van der Waals surface area contributed by atoms with E-state index in [0.29, 0.717) is 28.3 Å². The van der Waals surface area contributed by atoms with Crippen LogP contribution in [0.5, 0.6) is 5.75 Å². The van der Waals surface area contributed by atoms with Crippen LogP contribution in [0.25, 0.3) is 16.7 Å². The molecule has 0 atom stereocenters. The van der Waals surface area contributed by atoms with Gasteiger partial charge in [0.05, 0.1) is 15.8 Å². The summed E-state index contributed by atoms with van der Waals surface area (Å²) in [5, 5.41) is 8.82. The average molecular weight is 384 g/mol. The lowest BCUT2D eigenvalue weighted by Crippen LogP contribution is -2.20. The molecule has 0 radical (unpaired) electrons. The van der Waals surface area contributed by atoms with Crippen LogP contribution < -0.4 is 10.3 Å². The molecule has 0 bridgehead atoms. The number of hydrogen-bond acceptors (Lipinski definition) is 6. The Morgan fingerprint density at radius 1 is 1.04 bits per heavy atom. The Bertz CT molecular complexity index is 1320. The maximum absolute atomic E-state index is 12.4. The summed E-state index contributed by atoms with van der Waals surface area (Å²) in [6.45, 7) is 0.113. The Kier molecular flexibility index (Phi) is 3.96. The van der Waals surface area contributed by atoms with Gasteiger partial charge >= 0.3 is 0 Å². The molecule has 0 aliphatic rings. The van der Waals surface area contributed by atoms with Crippen LogP contribution in [0.3, 0.4) is 0 Å². The van der Waals surface area contributed by atoms with Crippen molar-refractivity contribution in [1.29, 1.82) is 0 Å². The first-order chi connectivity index (χ1) is 12.9. The van der Waals surface area contributed by atoms with E-state index in [2.05, 4.69) is 10.2 Å². The molecule has 0 aliphatic heterocycles. The first-order valence-electron chi connectivity index (χ1n) is 8.11. The van der Waals surface area contributed by atoms with Crippen molar-refractivity contribution in [1.82, 2.24) is 19.2 Å². The van der Waals surface area contributed by atoms with Gasteiger partial charge in [-0.25, -0.2) is 8.42 Å². The number of ether oxygens (including phenoxy) is 1. The third-order valence-corrected chi connectivity index (χ3v) is 5.44. The summed E-state index contributed by atoms with van der Waals surface area (Å²) in [4.78, 5) is 12.7. The van der Waals surface area contributed by atoms with E-state index in [9.17, 15) is 13.2 Å². The van der Waals surface area contributed by atoms with Crippen molar-refractivity contribution in [3.8, 4) is 5.75 Å². The monoisotopic (exact) mass is 384 g/mol. The minimum Gasteiger partial charge on any atom is -0.486 e. The molecular weight excluding hydrogens is 368 g/mol. The molecule has 2 aromatic carbocycles. The molecule has 4 rings (SSSR count). The predicted octanol–water partition coefficient (Wildman–Crippen LogP) is 1.56. The maximum Gasteiger partial charge on any atom is 0.262 e. The van der Waals surface area contributed by atoms with Gasteiger partial charge in [0, 0.05) is 13.3 Å². The number of rotatable bonds is 4. The first-order valence-corrected chi connectivity index (χ1v) is 10.00. The molecule has 4 aromatic rings. The van der Waals surface area contributed by atoms with Gasteiger partial charge in [0.1, 0.15) is 12.4 Å². The molecule has 8 nitrogen and oxygen atoms in total. The van der Waals surface area contributed by atoms with Crippen LogP contribution in [0.2, 0.25) is 0 Å². The molecule has 9 heteroatoms. The van der Waals surface area contributed by atoms with Gasteiger partial charge in [0.25, 0.3) is 5.56 Å². The number of fused-ring (bicyclic) bond motifs is 3. The Balaban J connectivity index is 1.72. The lowest BCUT2D eigenvalue weighted by molar-refractivity contribution is 0.294. The number of benzene rings is 2. The number of aryl methyl sites for hydroxylation is 1. The molecule has 0 aliphatic carbocycles. The molecule has 0 N–H and O–H groups in total.